The van der Waals surface area contributed by atoms with E-state index in [4.69, 9.17) is 4.74 Å². The lowest BCUT2D eigenvalue weighted by Gasteiger charge is -2.28. The van der Waals surface area contributed by atoms with Crippen molar-refractivity contribution in [2.45, 2.75) is 19.0 Å². The smallest absolute Gasteiger partial charge is 0.338 e. The quantitative estimate of drug-likeness (QED) is 0.484. The molecule has 1 amide bonds. The maximum Gasteiger partial charge on any atom is 0.338 e. The van der Waals surface area contributed by atoms with Gasteiger partial charge < -0.3 is 9.64 Å². The number of ether oxygens (including phenoxy) is 1. The summed E-state index contributed by atoms with van der Waals surface area (Å²) in [6, 6.07) is 15.3. The Bertz CT molecular complexity index is 1180. The highest BCUT2D eigenvalue weighted by atomic mass is 32.2. The molecule has 1 aliphatic rings. The number of hydrogen-bond donors (Lipinski definition) is 0. The van der Waals surface area contributed by atoms with Crippen LogP contribution in [0, 0.1) is 0 Å². The largest absolute Gasteiger partial charge is 0.452 e. The third kappa shape index (κ3) is 5.17. The predicted octanol–water partition coefficient (Wildman–Crippen LogP) is 1.03. The zero-order valence-corrected chi connectivity index (χ0v) is 17.9. The Balaban J connectivity index is 1.41. The fraction of sp³-hybridized carbons (Fsp3) is 0.286. The molecule has 2 heterocycles. The average Bonchev–Trinajstić information content (AvgIpc) is 3.46. The van der Waals surface area contributed by atoms with E-state index in [9.17, 15) is 18.0 Å². The number of benzene rings is 2. The van der Waals surface area contributed by atoms with Gasteiger partial charge in [0.15, 0.2) is 16.4 Å². The number of hydrogen-bond acceptors (Lipinski definition) is 8. The number of esters is 1. The lowest BCUT2D eigenvalue weighted by Crippen LogP contribution is -2.42. The molecule has 0 spiro atoms. The maximum absolute atomic E-state index is 12.9. The van der Waals surface area contributed by atoms with Crippen LogP contribution in [0.15, 0.2) is 60.9 Å². The molecule has 11 heteroatoms. The van der Waals surface area contributed by atoms with Gasteiger partial charge in [-0.15, -0.1) is 5.10 Å². The molecule has 1 saturated heterocycles. The highest BCUT2D eigenvalue weighted by Gasteiger charge is 2.35. The minimum atomic E-state index is -3.18. The van der Waals surface area contributed by atoms with Crippen LogP contribution in [0.5, 0.6) is 0 Å². The van der Waals surface area contributed by atoms with Crippen molar-refractivity contribution in [3.63, 3.8) is 0 Å². The highest BCUT2D eigenvalue weighted by molar-refractivity contribution is 7.91. The van der Waals surface area contributed by atoms with Crippen LogP contribution in [0.3, 0.4) is 0 Å². The van der Waals surface area contributed by atoms with Crippen LogP contribution < -0.4 is 0 Å². The minimum Gasteiger partial charge on any atom is -0.452 e. The molecule has 4 rings (SSSR count). The second-order valence-electron chi connectivity index (χ2n) is 7.44. The van der Waals surface area contributed by atoms with Crippen molar-refractivity contribution in [2.24, 2.45) is 0 Å². The van der Waals surface area contributed by atoms with Gasteiger partial charge in [-0.3, -0.25) is 4.79 Å². The Morgan fingerprint density at radius 1 is 1.09 bits per heavy atom. The van der Waals surface area contributed by atoms with Crippen molar-refractivity contribution < 1.29 is 22.7 Å². The summed E-state index contributed by atoms with van der Waals surface area (Å²) in [5, 5.41) is 10.9. The molecular weight excluding hydrogens is 434 g/mol. The number of rotatable bonds is 7. The van der Waals surface area contributed by atoms with Crippen LogP contribution in [0.2, 0.25) is 0 Å². The second-order valence-corrected chi connectivity index (χ2v) is 9.67. The topological polar surface area (TPSA) is 124 Å². The van der Waals surface area contributed by atoms with Crippen molar-refractivity contribution in [1.29, 1.82) is 0 Å². The van der Waals surface area contributed by atoms with Gasteiger partial charge in [0.2, 0.25) is 0 Å². The molecule has 1 fully saturated rings. The summed E-state index contributed by atoms with van der Waals surface area (Å²) in [4.78, 5) is 26.8. The van der Waals surface area contributed by atoms with Gasteiger partial charge in [-0.05, 0) is 46.7 Å². The Hall–Kier alpha value is -3.60. The van der Waals surface area contributed by atoms with E-state index in [0.29, 0.717) is 12.1 Å². The van der Waals surface area contributed by atoms with Gasteiger partial charge >= 0.3 is 5.97 Å². The zero-order chi connectivity index (χ0) is 22.6. The molecule has 1 atom stereocenters. The van der Waals surface area contributed by atoms with Gasteiger partial charge in [-0.1, -0.05) is 30.3 Å². The number of tetrazole rings is 1. The number of aromatic nitrogens is 4. The number of carbonyl (C=O) groups is 2. The fourth-order valence-corrected chi connectivity index (χ4v) is 5.28. The number of nitrogens with zero attached hydrogens (tertiary/aromatic N) is 5. The summed E-state index contributed by atoms with van der Waals surface area (Å²) in [5.74, 6) is -1.13. The molecule has 1 aromatic heterocycles. The van der Waals surface area contributed by atoms with Gasteiger partial charge in [0.1, 0.15) is 6.33 Å². The molecule has 10 nitrogen and oxygen atoms in total. The van der Waals surface area contributed by atoms with Crippen molar-refractivity contribution in [1.82, 2.24) is 25.1 Å². The summed E-state index contributed by atoms with van der Waals surface area (Å²) >= 11 is 0. The van der Waals surface area contributed by atoms with E-state index in [0.717, 1.165) is 5.56 Å². The lowest BCUT2D eigenvalue weighted by molar-refractivity contribution is -0.137. The van der Waals surface area contributed by atoms with E-state index in [-0.39, 0.29) is 23.6 Å². The standard InChI is InChI=1S/C21H21N5O5S/c27-20(13-31-21(28)17-6-8-18(9-7-17)26-15-22-23-24-26)25(12-16-4-2-1-3-5-16)19-10-11-32(29,30)14-19/h1-9,15,19H,10-14H2/t19-/m0/s1. The van der Waals surface area contributed by atoms with Gasteiger partial charge in [0, 0.05) is 12.6 Å². The molecule has 2 aromatic carbocycles. The van der Waals surface area contributed by atoms with Crippen LogP contribution in [-0.2, 0) is 25.9 Å². The first kappa shape index (κ1) is 21.6. The second kappa shape index (κ2) is 9.27. The highest BCUT2D eigenvalue weighted by Crippen LogP contribution is 2.20. The lowest BCUT2D eigenvalue weighted by atomic mass is 10.1. The molecule has 0 saturated carbocycles. The Kier molecular flexibility index (Phi) is 6.26. The van der Waals surface area contributed by atoms with E-state index < -0.39 is 34.4 Å². The number of carbonyl (C=O) groups excluding carboxylic acids is 2. The zero-order valence-electron chi connectivity index (χ0n) is 17.1. The first-order chi connectivity index (χ1) is 15.4. The third-order valence-electron chi connectivity index (χ3n) is 5.21. The molecule has 0 aliphatic carbocycles. The number of sulfone groups is 1. The summed E-state index contributed by atoms with van der Waals surface area (Å²) in [5.41, 5.74) is 1.81. The normalized spacial score (nSPS) is 17.1. The van der Waals surface area contributed by atoms with E-state index in [1.54, 1.807) is 24.3 Å². The Labute approximate surface area is 184 Å². The molecule has 3 aromatic rings. The molecule has 1 aliphatic heterocycles. The van der Waals surface area contributed by atoms with Crippen LogP contribution in [-0.4, -0.2) is 69.6 Å². The first-order valence-corrected chi connectivity index (χ1v) is 11.8. The van der Waals surface area contributed by atoms with Crippen molar-refractivity contribution >= 4 is 21.7 Å². The van der Waals surface area contributed by atoms with Gasteiger partial charge in [0.05, 0.1) is 22.8 Å². The molecular formula is C21H21N5O5S. The predicted molar refractivity (Wildman–Crippen MR) is 113 cm³/mol. The third-order valence-corrected chi connectivity index (χ3v) is 6.96. The van der Waals surface area contributed by atoms with Crippen LogP contribution in [0.25, 0.3) is 5.69 Å². The van der Waals surface area contributed by atoms with E-state index in [1.807, 2.05) is 30.3 Å². The SMILES string of the molecule is O=C(OCC(=O)N(Cc1ccccc1)[C@H]1CCS(=O)(=O)C1)c1ccc(-n2cnnn2)cc1. The molecule has 32 heavy (non-hydrogen) atoms. The molecule has 0 unspecified atom stereocenters. The van der Waals surface area contributed by atoms with Gasteiger partial charge in [-0.25, -0.2) is 17.9 Å². The first-order valence-electron chi connectivity index (χ1n) is 9.96. The van der Waals surface area contributed by atoms with Crippen LogP contribution in [0.4, 0.5) is 0 Å². The van der Waals surface area contributed by atoms with Gasteiger partial charge in [-0.2, -0.15) is 0 Å². The Morgan fingerprint density at radius 3 is 2.47 bits per heavy atom. The maximum atomic E-state index is 12.9. The minimum absolute atomic E-state index is 0.0453. The van der Waals surface area contributed by atoms with E-state index in [1.165, 1.54) is 15.9 Å². The Morgan fingerprint density at radius 2 is 1.84 bits per heavy atom. The molecule has 0 N–H and O–H groups in total. The molecule has 166 valence electrons. The summed E-state index contributed by atoms with van der Waals surface area (Å²) < 4.78 is 30.6. The number of amides is 1. The monoisotopic (exact) mass is 455 g/mol. The van der Waals surface area contributed by atoms with Crippen LogP contribution in [0.1, 0.15) is 22.3 Å². The van der Waals surface area contributed by atoms with E-state index >= 15 is 0 Å². The van der Waals surface area contributed by atoms with Crippen molar-refractivity contribution in [3.05, 3.63) is 72.1 Å². The summed E-state index contributed by atoms with van der Waals surface area (Å²) in [6.45, 7) is -0.227. The molecule has 0 bridgehead atoms. The van der Waals surface area contributed by atoms with E-state index in [2.05, 4.69) is 15.5 Å². The summed E-state index contributed by atoms with van der Waals surface area (Å²) in [6.07, 6.45) is 1.80. The molecule has 0 radical (unpaired) electrons. The van der Waals surface area contributed by atoms with Crippen LogP contribution >= 0.6 is 0 Å². The van der Waals surface area contributed by atoms with Crippen molar-refractivity contribution in [3.8, 4) is 5.69 Å². The summed E-state index contributed by atoms with van der Waals surface area (Å²) in [7, 11) is -3.18. The fourth-order valence-electron chi connectivity index (χ4n) is 3.55. The van der Waals surface area contributed by atoms with Crippen molar-refractivity contribution in [2.75, 3.05) is 18.1 Å². The average molecular weight is 455 g/mol. The van der Waals surface area contributed by atoms with Gasteiger partial charge in [0.25, 0.3) is 5.91 Å².